The Morgan fingerprint density at radius 3 is 2.88 bits per heavy atom. The Hall–Kier alpha value is -2.06. The van der Waals surface area contributed by atoms with Crippen molar-refractivity contribution in [2.24, 2.45) is 0 Å². The van der Waals surface area contributed by atoms with Gasteiger partial charge in [-0.3, -0.25) is 14.4 Å². The van der Waals surface area contributed by atoms with Gasteiger partial charge in [0.15, 0.2) is 12.6 Å². The first-order valence-corrected chi connectivity index (χ1v) is 8.89. The second-order valence-corrected chi connectivity index (χ2v) is 6.31. The summed E-state index contributed by atoms with van der Waals surface area (Å²) >= 11 is 1.55. The summed E-state index contributed by atoms with van der Waals surface area (Å²) in [6.45, 7) is 1.20. The molecule has 24 heavy (non-hydrogen) atoms. The summed E-state index contributed by atoms with van der Waals surface area (Å²) < 4.78 is 4.64. The van der Waals surface area contributed by atoms with Crippen LogP contribution in [-0.2, 0) is 19.1 Å². The average molecular weight is 352 g/mol. The van der Waals surface area contributed by atoms with Crippen LogP contribution in [0, 0.1) is 0 Å². The Kier molecular flexibility index (Phi) is 6.62. The summed E-state index contributed by atoms with van der Waals surface area (Å²) in [6.07, 6.45) is 1.91. The maximum atomic E-state index is 12.4. The number of rotatable bonds is 6. The number of ether oxygens (including phenoxy) is 1. The summed E-state index contributed by atoms with van der Waals surface area (Å²) in [5.41, 5.74) is 0.750. The quantitative estimate of drug-likeness (QED) is 0.465. The molecule has 0 saturated carbocycles. The summed E-state index contributed by atoms with van der Waals surface area (Å²) in [4.78, 5) is 37.6. The van der Waals surface area contributed by atoms with Crippen LogP contribution in [0.2, 0.25) is 0 Å². The van der Waals surface area contributed by atoms with E-state index in [9.17, 15) is 14.4 Å². The lowest BCUT2D eigenvalue weighted by Crippen LogP contribution is -3.20. The monoisotopic (exact) mass is 352 g/mol. The van der Waals surface area contributed by atoms with Crippen LogP contribution in [0.15, 0.2) is 29.2 Å². The van der Waals surface area contributed by atoms with Crippen molar-refractivity contribution >= 4 is 35.2 Å². The fraction of sp³-hybridized carbons (Fsp3) is 0.438. The number of hydrogen-bond acceptors (Lipinski definition) is 5. The molecule has 2 rings (SSSR count). The highest BCUT2D eigenvalue weighted by Gasteiger charge is 2.36. The number of hydrogen-bond donors (Lipinski definition) is 3. The van der Waals surface area contributed by atoms with Crippen molar-refractivity contribution in [3.63, 3.8) is 0 Å². The van der Waals surface area contributed by atoms with Crippen LogP contribution in [0.25, 0.3) is 0 Å². The Balaban J connectivity index is 2.02. The molecule has 1 fully saturated rings. The smallest absolute Gasteiger partial charge is 0.312 e. The molecule has 3 N–H and O–H groups in total. The van der Waals surface area contributed by atoms with Gasteiger partial charge >= 0.3 is 5.97 Å². The second-order valence-electron chi connectivity index (χ2n) is 5.46. The van der Waals surface area contributed by atoms with E-state index in [1.165, 1.54) is 7.11 Å². The van der Waals surface area contributed by atoms with Crippen LogP contribution in [0.3, 0.4) is 0 Å². The highest BCUT2D eigenvalue weighted by Crippen LogP contribution is 2.24. The van der Waals surface area contributed by atoms with Crippen molar-refractivity contribution in [3.8, 4) is 0 Å². The van der Waals surface area contributed by atoms with Gasteiger partial charge in [0.2, 0.25) is 0 Å². The second kappa shape index (κ2) is 8.70. The highest BCUT2D eigenvalue weighted by molar-refractivity contribution is 7.98. The van der Waals surface area contributed by atoms with E-state index in [2.05, 4.69) is 15.4 Å². The minimum Gasteiger partial charge on any atom is -0.469 e. The zero-order valence-electron chi connectivity index (χ0n) is 13.8. The summed E-state index contributed by atoms with van der Waals surface area (Å²) in [7, 11) is 1.29. The Morgan fingerprint density at radius 2 is 2.17 bits per heavy atom. The lowest BCUT2D eigenvalue weighted by atomic mass is 10.1. The maximum absolute atomic E-state index is 12.4. The van der Waals surface area contributed by atoms with E-state index in [1.54, 1.807) is 11.8 Å². The molecule has 8 heteroatoms. The van der Waals surface area contributed by atoms with Gasteiger partial charge in [-0.25, -0.2) is 0 Å². The lowest BCUT2D eigenvalue weighted by molar-refractivity contribution is -0.909. The van der Waals surface area contributed by atoms with E-state index in [-0.39, 0.29) is 24.8 Å². The predicted octanol–water partition coefficient (Wildman–Crippen LogP) is -0.707. The van der Waals surface area contributed by atoms with Gasteiger partial charge in [-0.1, -0.05) is 12.1 Å². The first kappa shape index (κ1) is 18.3. The number of quaternary nitrogens is 1. The summed E-state index contributed by atoms with van der Waals surface area (Å²) in [5.74, 6) is -0.863. The van der Waals surface area contributed by atoms with E-state index in [4.69, 9.17) is 0 Å². The molecule has 7 nitrogen and oxygen atoms in total. The molecule has 1 aromatic rings. The summed E-state index contributed by atoms with van der Waals surface area (Å²) in [5, 5.41) is 5.61. The number of para-hydroxylation sites is 1. The van der Waals surface area contributed by atoms with Crippen molar-refractivity contribution in [1.29, 1.82) is 0 Å². The topological polar surface area (TPSA) is 88.9 Å². The van der Waals surface area contributed by atoms with Gasteiger partial charge in [-0.2, -0.15) is 0 Å². The number of piperazine rings is 1. The van der Waals surface area contributed by atoms with Gasteiger partial charge in [-0.05, 0) is 18.4 Å². The van der Waals surface area contributed by atoms with Crippen LogP contribution in [-0.4, -0.2) is 56.8 Å². The molecule has 1 saturated heterocycles. The minimum absolute atomic E-state index is 0.0354. The number of methoxy groups -OCH3 is 1. The Morgan fingerprint density at radius 1 is 1.42 bits per heavy atom. The van der Waals surface area contributed by atoms with E-state index in [0.29, 0.717) is 13.1 Å². The fourth-order valence-corrected chi connectivity index (χ4v) is 3.23. The average Bonchev–Trinajstić information content (AvgIpc) is 2.58. The third-order valence-corrected chi connectivity index (χ3v) is 4.72. The molecule has 2 atom stereocenters. The highest BCUT2D eigenvalue weighted by atomic mass is 32.2. The number of amides is 2. The number of carbonyl (C=O) groups excluding carboxylic acids is 3. The van der Waals surface area contributed by atoms with E-state index in [1.807, 2.05) is 30.5 Å². The number of nitrogens with one attached hydrogen (secondary N) is 3. The maximum Gasteiger partial charge on any atom is 0.312 e. The number of benzene rings is 1. The molecular formula is C16H22N3O4S+. The van der Waals surface area contributed by atoms with Crippen molar-refractivity contribution in [1.82, 2.24) is 5.32 Å². The van der Waals surface area contributed by atoms with Gasteiger partial charge in [0, 0.05) is 4.90 Å². The molecular weight excluding hydrogens is 330 g/mol. The lowest BCUT2D eigenvalue weighted by Gasteiger charge is -2.30. The SMILES string of the molecule is COC(=O)C[C@@H]1C(=O)NCC[NH+]1CC(=O)Nc1ccccc1SC. The molecule has 1 aliphatic heterocycles. The molecule has 1 unspecified atom stereocenters. The van der Waals surface area contributed by atoms with Crippen molar-refractivity contribution in [2.75, 3.05) is 38.3 Å². The largest absolute Gasteiger partial charge is 0.469 e. The van der Waals surface area contributed by atoms with Gasteiger partial charge in [0.1, 0.15) is 6.42 Å². The van der Waals surface area contributed by atoms with Crippen molar-refractivity contribution in [2.45, 2.75) is 17.4 Å². The Bertz CT molecular complexity index is 623. The molecule has 0 aromatic heterocycles. The third kappa shape index (κ3) is 4.72. The first-order valence-electron chi connectivity index (χ1n) is 7.67. The molecule has 0 spiro atoms. The Labute approximate surface area is 145 Å². The number of esters is 1. The summed E-state index contributed by atoms with van der Waals surface area (Å²) in [6, 6.07) is 6.94. The molecule has 0 bridgehead atoms. The van der Waals surface area contributed by atoms with E-state index in [0.717, 1.165) is 15.5 Å². The van der Waals surface area contributed by atoms with Crippen LogP contribution >= 0.6 is 11.8 Å². The zero-order chi connectivity index (χ0) is 17.5. The van der Waals surface area contributed by atoms with Crippen molar-refractivity contribution in [3.05, 3.63) is 24.3 Å². The molecule has 0 aliphatic carbocycles. The van der Waals surface area contributed by atoms with Crippen LogP contribution in [0.4, 0.5) is 5.69 Å². The van der Waals surface area contributed by atoms with Crippen LogP contribution in [0.5, 0.6) is 0 Å². The van der Waals surface area contributed by atoms with Crippen LogP contribution < -0.4 is 15.5 Å². The molecule has 1 heterocycles. The normalized spacial score (nSPS) is 20.2. The predicted molar refractivity (Wildman–Crippen MR) is 91.0 cm³/mol. The van der Waals surface area contributed by atoms with Gasteiger partial charge in [0.05, 0.1) is 25.9 Å². The first-order chi connectivity index (χ1) is 11.5. The van der Waals surface area contributed by atoms with E-state index < -0.39 is 12.0 Å². The zero-order valence-corrected chi connectivity index (χ0v) is 14.6. The number of thioether (sulfide) groups is 1. The van der Waals surface area contributed by atoms with Gasteiger partial charge < -0.3 is 20.3 Å². The number of anilines is 1. The van der Waals surface area contributed by atoms with Crippen LogP contribution in [0.1, 0.15) is 6.42 Å². The minimum atomic E-state index is -0.604. The standard InChI is InChI=1S/C16H21N3O4S/c1-23-15(21)9-12-16(22)17-7-8-19(12)10-14(20)18-11-5-3-4-6-13(11)24-2/h3-6,12H,7-10H2,1-2H3,(H,17,22)(H,18,20)/p+1/t12-/m1/s1. The molecule has 1 aromatic carbocycles. The molecule has 130 valence electrons. The fourth-order valence-electron chi connectivity index (χ4n) is 2.68. The molecule has 2 amide bonds. The number of carbonyl (C=O) groups is 3. The molecule has 1 aliphatic rings. The van der Waals surface area contributed by atoms with Crippen molar-refractivity contribution < 1.29 is 24.0 Å². The third-order valence-electron chi connectivity index (χ3n) is 3.92. The van der Waals surface area contributed by atoms with Gasteiger partial charge in [0.25, 0.3) is 11.8 Å². The van der Waals surface area contributed by atoms with E-state index >= 15 is 0 Å². The molecule has 0 radical (unpaired) electrons. The van der Waals surface area contributed by atoms with Gasteiger partial charge in [-0.15, -0.1) is 11.8 Å².